The molecular weight excluding hydrogens is 308 g/mol. The highest BCUT2D eigenvalue weighted by Gasteiger charge is 2.49. The minimum absolute atomic E-state index is 0.0296. The summed E-state index contributed by atoms with van der Waals surface area (Å²) in [5.74, 6) is 0.814. The molecule has 4 heteroatoms. The lowest BCUT2D eigenvalue weighted by molar-refractivity contribution is -0.126. The van der Waals surface area contributed by atoms with Gasteiger partial charge in [0, 0.05) is 11.2 Å². The Balaban J connectivity index is 1.71. The van der Waals surface area contributed by atoms with Gasteiger partial charge in [0.1, 0.15) is 11.4 Å². The van der Waals surface area contributed by atoms with E-state index in [0.29, 0.717) is 0 Å². The van der Waals surface area contributed by atoms with Gasteiger partial charge in [0.2, 0.25) is 0 Å². The van der Waals surface area contributed by atoms with E-state index in [1.165, 1.54) is 12.0 Å². The standard InChI is InChI=1S/C19H19ClN2O/c20-16-7-3-2-6-14(12-16)15-8-9-17-21-18(23)19(22(17)13-15)10-4-1-5-11-19/h2-3,7-9,12-13H,1,4-6,10-11H2. The van der Waals surface area contributed by atoms with Crippen LogP contribution in [0.2, 0.25) is 0 Å². The molecule has 0 bridgehead atoms. The summed E-state index contributed by atoms with van der Waals surface area (Å²) < 4.78 is 0. The van der Waals surface area contributed by atoms with Crippen molar-refractivity contribution in [3.05, 3.63) is 58.8 Å². The van der Waals surface area contributed by atoms with Crippen LogP contribution in [0, 0.1) is 0 Å². The van der Waals surface area contributed by atoms with E-state index in [1.54, 1.807) is 0 Å². The van der Waals surface area contributed by atoms with Crippen LogP contribution in [0.5, 0.6) is 0 Å². The van der Waals surface area contributed by atoms with Crippen molar-refractivity contribution in [2.75, 3.05) is 0 Å². The molecule has 1 saturated carbocycles. The average molecular weight is 327 g/mol. The van der Waals surface area contributed by atoms with E-state index in [2.05, 4.69) is 22.2 Å². The first-order chi connectivity index (χ1) is 11.2. The highest BCUT2D eigenvalue weighted by atomic mass is 35.5. The van der Waals surface area contributed by atoms with Gasteiger partial charge in [-0.2, -0.15) is 4.99 Å². The number of fused-ring (bicyclic) bond motifs is 2. The zero-order valence-corrected chi connectivity index (χ0v) is 13.7. The molecule has 0 aromatic carbocycles. The fraction of sp³-hybridized carbons (Fsp3) is 0.368. The minimum Gasteiger partial charge on any atom is -0.317 e. The molecule has 1 amide bonds. The molecule has 0 aromatic rings. The Labute approximate surface area is 141 Å². The summed E-state index contributed by atoms with van der Waals surface area (Å²) in [6, 6.07) is 0. The van der Waals surface area contributed by atoms with Crippen LogP contribution in [0.15, 0.2) is 63.8 Å². The Morgan fingerprint density at radius 1 is 1.17 bits per heavy atom. The third kappa shape index (κ3) is 2.43. The lowest BCUT2D eigenvalue weighted by atomic mass is 9.80. The molecule has 23 heavy (non-hydrogen) atoms. The molecule has 0 saturated heterocycles. The number of carbonyl (C=O) groups is 1. The Bertz CT molecular complexity index is 730. The highest BCUT2D eigenvalue weighted by molar-refractivity contribution is 6.31. The smallest absolute Gasteiger partial charge is 0.273 e. The van der Waals surface area contributed by atoms with E-state index in [4.69, 9.17) is 11.6 Å². The monoisotopic (exact) mass is 326 g/mol. The van der Waals surface area contributed by atoms with E-state index in [0.717, 1.165) is 48.5 Å². The van der Waals surface area contributed by atoms with Crippen LogP contribution in [0.3, 0.4) is 0 Å². The molecule has 3 nitrogen and oxygen atoms in total. The van der Waals surface area contributed by atoms with Crippen LogP contribution >= 0.6 is 11.6 Å². The third-order valence-corrected chi connectivity index (χ3v) is 5.33. The summed E-state index contributed by atoms with van der Waals surface area (Å²) in [7, 11) is 0. The fourth-order valence-electron chi connectivity index (χ4n) is 3.85. The van der Waals surface area contributed by atoms with Crippen molar-refractivity contribution in [1.29, 1.82) is 0 Å². The topological polar surface area (TPSA) is 32.7 Å². The zero-order chi connectivity index (χ0) is 15.9. The van der Waals surface area contributed by atoms with Crippen molar-refractivity contribution in [1.82, 2.24) is 4.90 Å². The maximum absolute atomic E-state index is 12.6. The van der Waals surface area contributed by atoms with Crippen LogP contribution < -0.4 is 0 Å². The summed E-state index contributed by atoms with van der Waals surface area (Å²) in [5, 5.41) is 0.729. The molecular formula is C19H19ClN2O. The molecule has 0 atom stereocenters. The van der Waals surface area contributed by atoms with E-state index >= 15 is 0 Å². The largest absolute Gasteiger partial charge is 0.317 e. The molecule has 2 heterocycles. The molecule has 0 unspecified atom stereocenters. The number of nitrogens with zero attached hydrogens (tertiary/aromatic N) is 2. The van der Waals surface area contributed by atoms with Crippen molar-refractivity contribution >= 4 is 23.3 Å². The number of amides is 1. The Kier molecular flexibility index (Phi) is 3.61. The van der Waals surface area contributed by atoms with Crippen LogP contribution in [0.1, 0.15) is 38.5 Å². The van der Waals surface area contributed by atoms with Gasteiger partial charge in [0.15, 0.2) is 0 Å². The average Bonchev–Trinajstić information content (AvgIpc) is 2.72. The number of rotatable bonds is 1. The van der Waals surface area contributed by atoms with Gasteiger partial charge in [-0.3, -0.25) is 4.79 Å². The number of aliphatic imine (C=N–C) groups is 1. The summed E-state index contributed by atoms with van der Waals surface area (Å²) in [6.45, 7) is 0. The first kappa shape index (κ1) is 14.7. The highest BCUT2D eigenvalue weighted by Crippen LogP contribution is 2.41. The molecule has 0 N–H and O–H groups in total. The van der Waals surface area contributed by atoms with Crippen LogP contribution in [0.4, 0.5) is 0 Å². The number of carbonyl (C=O) groups excluding carboxylic acids is 1. The first-order valence-corrected chi connectivity index (χ1v) is 8.62. The molecule has 2 aliphatic heterocycles. The van der Waals surface area contributed by atoms with Crippen LogP contribution in [-0.4, -0.2) is 22.2 Å². The molecule has 0 aromatic heterocycles. The molecule has 4 aliphatic rings. The first-order valence-electron chi connectivity index (χ1n) is 8.25. The van der Waals surface area contributed by atoms with Crippen molar-refractivity contribution in [3.8, 4) is 0 Å². The van der Waals surface area contributed by atoms with Gasteiger partial charge in [0.05, 0.1) is 0 Å². The molecule has 118 valence electrons. The van der Waals surface area contributed by atoms with Crippen LogP contribution in [0.25, 0.3) is 0 Å². The fourth-order valence-corrected chi connectivity index (χ4v) is 4.05. The van der Waals surface area contributed by atoms with Gasteiger partial charge >= 0.3 is 0 Å². The SMILES string of the molecule is O=C1N=C2C=CC(C3=CC(Cl)=CC=CC3)=CN2C12CCCCC2. The summed E-state index contributed by atoms with van der Waals surface area (Å²) in [5.41, 5.74) is 1.84. The maximum Gasteiger partial charge on any atom is 0.273 e. The van der Waals surface area contributed by atoms with Gasteiger partial charge in [-0.15, -0.1) is 0 Å². The summed E-state index contributed by atoms with van der Waals surface area (Å²) >= 11 is 6.20. The van der Waals surface area contributed by atoms with E-state index in [9.17, 15) is 4.79 Å². The Hall–Kier alpha value is -1.87. The van der Waals surface area contributed by atoms with Gasteiger partial charge in [-0.05, 0) is 54.7 Å². The van der Waals surface area contributed by atoms with E-state index in [1.807, 2.05) is 30.4 Å². The number of hydrogen-bond acceptors (Lipinski definition) is 2. The predicted octanol–water partition coefficient (Wildman–Crippen LogP) is 4.39. The zero-order valence-electron chi connectivity index (χ0n) is 13.0. The number of amidine groups is 1. The van der Waals surface area contributed by atoms with Gasteiger partial charge in [0.25, 0.3) is 5.91 Å². The molecule has 4 rings (SSSR count). The number of allylic oxidation sites excluding steroid dienone is 8. The minimum atomic E-state index is -0.440. The van der Waals surface area contributed by atoms with Crippen molar-refractivity contribution in [2.24, 2.45) is 4.99 Å². The lowest BCUT2D eigenvalue weighted by Gasteiger charge is -2.40. The lowest BCUT2D eigenvalue weighted by Crippen LogP contribution is -2.50. The maximum atomic E-state index is 12.6. The summed E-state index contributed by atoms with van der Waals surface area (Å²) in [6.07, 6.45) is 20.1. The second kappa shape index (κ2) is 5.64. The Morgan fingerprint density at radius 2 is 2.00 bits per heavy atom. The second-order valence-corrected chi connectivity index (χ2v) is 6.95. The van der Waals surface area contributed by atoms with Gasteiger partial charge in [-0.25, -0.2) is 0 Å². The number of halogens is 1. The summed E-state index contributed by atoms with van der Waals surface area (Å²) in [4.78, 5) is 19.0. The molecule has 1 spiro atoms. The second-order valence-electron chi connectivity index (χ2n) is 6.51. The molecule has 2 aliphatic carbocycles. The Morgan fingerprint density at radius 3 is 2.83 bits per heavy atom. The van der Waals surface area contributed by atoms with E-state index < -0.39 is 5.54 Å². The third-order valence-electron chi connectivity index (χ3n) is 5.10. The van der Waals surface area contributed by atoms with Gasteiger partial charge < -0.3 is 4.90 Å². The van der Waals surface area contributed by atoms with Crippen molar-refractivity contribution in [2.45, 2.75) is 44.1 Å². The van der Waals surface area contributed by atoms with E-state index in [-0.39, 0.29) is 5.91 Å². The molecule has 0 radical (unpaired) electrons. The molecule has 1 fully saturated rings. The quantitative estimate of drug-likeness (QED) is 0.715. The number of hydrogen-bond donors (Lipinski definition) is 0. The normalized spacial score (nSPS) is 25.6. The van der Waals surface area contributed by atoms with Crippen molar-refractivity contribution < 1.29 is 4.79 Å². The predicted molar refractivity (Wildman–Crippen MR) is 93.1 cm³/mol. The van der Waals surface area contributed by atoms with Gasteiger partial charge in [-0.1, -0.05) is 43.0 Å². The van der Waals surface area contributed by atoms with Crippen LogP contribution in [-0.2, 0) is 4.79 Å². The van der Waals surface area contributed by atoms with Crippen molar-refractivity contribution in [3.63, 3.8) is 0 Å².